The molecule has 0 atom stereocenters. The number of phenolic OH excluding ortho intramolecular Hbond substituents is 1. The van der Waals surface area contributed by atoms with Crippen molar-refractivity contribution < 1.29 is 23.8 Å². The van der Waals surface area contributed by atoms with Gasteiger partial charge in [-0.25, -0.2) is 0 Å². The molecule has 0 fully saturated rings. The number of aryl methyl sites for hydroxylation is 1. The number of rotatable bonds is 7. The second-order valence-corrected chi connectivity index (χ2v) is 7.20. The van der Waals surface area contributed by atoms with Crippen molar-refractivity contribution in [2.75, 3.05) is 13.7 Å². The van der Waals surface area contributed by atoms with Gasteiger partial charge in [-0.05, 0) is 29.8 Å². The topological polar surface area (TPSA) is 103 Å². The molecule has 8 nitrogen and oxygen atoms in total. The molecule has 0 aliphatic carbocycles. The normalized spacial score (nSPS) is 10.8. The summed E-state index contributed by atoms with van der Waals surface area (Å²) in [6.07, 6.45) is 3.23. The van der Waals surface area contributed by atoms with Gasteiger partial charge in [-0.3, -0.25) is 9.59 Å². The average Bonchev–Trinajstić information content (AvgIpc) is 3.21. The van der Waals surface area contributed by atoms with Crippen LogP contribution in [-0.2, 0) is 18.4 Å². The number of methoxy groups -OCH3 is 1. The maximum absolute atomic E-state index is 12.9. The molecular formula is C24H22N2O6. The molecule has 4 aromatic rings. The predicted molar refractivity (Wildman–Crippen MR) is 119 cm³/mol. The number of aromatic hydroxyl groups is 1. The molecule has 2 N–H and O–H groups in total. The number of carbonyl (C=O) groups excluding carboxylic acids is 1. The van der Waals surface area contributed by atoms with Gasteiger partial charge in [0.15, 0.2) is 6.61 Å². The van der Waals surface area contributed by atoms with Crippen LogP contribution in [0.1, 0.15) is 5.69 Å². The van der Waals surface area contributed by atoms with Crippen molar-refractivity contribution in [1.82, 2.24) is 9.88 Å². The molecular weight excluding hydrogens is 412 g/mol. The van der Waals surface area contributed by atoms with Crippen molar-refractivity contribution in [2.24, 2.45) is 7.05 Å². The molecule has 0 radical (unpaired) electrons. The smallest absolute Gasteiger partial charge is 0.258 e. The lowest BCUT2D eigenvalue weighted by atomic mass is 10.0. The van der Waals surface area contributed by atoms with E-state index in [2.05, 4.69) is 5.32 Å². The summed E-state index contributed by atoms with van der Waals surface area (Å²) in [7, 11) is 3.45. The molecule has 0 spiro atoms. The molecule has 0 aliphatic heterocycles. The summed E-state index contributed by atoms with van der Waals surface area (Å²) in [6.45, 7) is 0.126. The van der Waals surface area contributed by atoms with Crippen molar-refractivity contribution in [3.63, 3.8) is 0 Å². The first-order chi connectivity index (χ1) is 15.5. The highest BCUT2D eigenvalue weighted by Gasteiger charge is 2.15. The third kappa shape index (κ3) is 4.29. The number of benzene rings is 2. The van der Waals surface area contributed by atoms with Gasteiger partial charge in [-0.2, -0.15) is 0 Å². The van der Waals surface area contributed by atoms with Crippen molar-refractivity contribution in [3.05, 3.63) is 76.9 Å². The summed E-state index contributed by atoms with van der Waals surface area (Å²) >= 11 is 0. The predicted octanol–water partition coefficient (Wildman–Crippen LogP) is 3.21. The van der Waals surface area contributed by atoms with Crippen LogP contribution in [0.15, 0.2) is 70.2 Å². The monoisotopic (exact) mass is 434 g/mol. The minimum atomic E-state index is -0.374. The van der Waals surface area contributed by atoms with Crippen LogP contribution in [0.25, 0.3) is 22.1 Å². The molecule has 164 valence electrons. The standard InChI is InChI=1S/C24H22N2O6/c1-26-9-3-4-16(26)12-25-22(28)14-31-18-10-20(27)23-21(11-18)32-13-19(24(23)29)15-5-7-17(30-2)8-6-15/h3-11,13,27H,12,14H2,1-2H3,(H,25,28). The Hall–Kier alpha value is -4.20. The Morgan fingerprint density at radius 2 is 1.94 bits per heavy atom. The Balaban J connectivity index is 1.50. The summed E-state index contributed by atoms with van der Waals surface area (Å²) in [5.41, 5.74) is 1.68. The maximum Gasteiger partial charge on any atom is 0.258 e. The van der Waals surface area contributed by atoms with Crippen LogP contribution in [-0.4, -0.2) is 29.3 Å². The van der Waals surface area contributed by atoms with E-state index in [0.29, 0.717) is 23.4 Å². The SMILES string of the molecule is COc1ccc(-c2coc3cc(OCC(=O)NCc4cccn4C)cc(O)c3c2=O)cc1. The van der Waals surface area contributed by atoms with Gasteiger partial charge in [0, 0.05) is 31.1 Å². The number of carbonyl (C=O) groups is 1. The number of amides is 1. The van der Waals surface area contributed by atoms with E-state index in [1.165, 1.54) is 18.4 Å². The molecule has 0 bridgehead atoms. The average molecular weight is 434 g/mol. The molecule has 2 aromatic heterocycles. The summed E-state index contributed by atoms with van der Waals surface area (Å²) in [6, 6.07) is 13.5. The Bertz CT molecular complexity index is 1320. The zero-order valence-electron chi connectivity index (χ0n) is 17.6. The number of nitrogens with zero attached hydrogens (tertiary/aromatic N) is 1. The van der Waals surface area contributed by atoms with E-state index in [4.69, 9.17) is 13.9 Å². The zero-order valence-corrected chi connectivity index (χ0v) is 17.6. The molecule has 0 aliphatic rings. The molecule has 0 saturated heterocycles. The van der Waals surface area contributed by atoms with Crippen LogP contribution in [0.3, 0.4) is 0 Å². The molecule has 2 aromatic carbocycles. The number of fused-ring (bicyclic) bond motifs is 1. The summed E-state index contributed by atoms with van der Waals surface area (Å²) in [4.78, 5) is 25.0. The molecule has 2 heterocycles. The minimum absolute atomic E-state index is 0.0406. The molecule has 4 rings (SSSR count). The number of aromatic nitrogens is 1. The van der Waals surface area contributed by atoms with Gasteiger partial charge in [0.2, 0.25) is 5.43 Å². The van der Waals surface area contributed by atoms with Crippen molar-refractivity contribution in [2.45, 2.75) is 6.54 Å². The number of phenols is 1. The summed E-state index contributed by atoms with van der Waals surface area (Å²) < 4.78 is 18.1. The van der Waals surface area contributed by atoms with Gasteiger partial charge < -0.3 is 28.9 Å². The maximum atomic E-state index is 12.9. The summed E-state index contributed by atoms with van der Waals surface area (Å²) in [5, 5.41) is 13.2. The fourth-order valence-electron chi connectivity index (χ4n) is 3.33. The third-order valence-corrected chi connectivity index (χ3v) is 5.12. The highest BCUT2D eigenvalue weighted by Crippen LogP contribution is 2.30. The second kappa shape index (κ2) is 8.89. The molecule has 8 heteroatoms. The highest BCUT2D eigenvalue weighted by atomic mass is 16.5. The Morgan fingerprint density at radius 3 is 2.62 bits per heavy atom. The fourth-order valence-corrected chi connectivity index (χ4v) is 3.33. The lowest BCUT2D eigenvalue weighted by Gasteiger charge is -2.10. The van der Waals surface area contributed by atoms with Crippen molar-refractivity contribution in [1.29, 1.82) is 0 Å². The van der Waals surface area contributed by atoms with E-state index >= 15 is 0 Å². The van der Waals surface area contributed by atoms with Crippen LogP contribution < -0.4 is 20.2 Å². The van der Waals surface area contributed by atoms with E-state index in [1.54, 1.807) is 31.4 Å². The lowest BCUT2D eigenvalue weighted by Crippen LogP contribution is -2.29. The van der Waals surface area contributed by atoms with Gasteiger partial charge in [0.25, 0.3) is 5.91 Å². The van der Waals surface area contributed by atoms with Crippen molar-refractivity contribution in [3.8, 4) is 28.4 Å². The van der Waals surface area contributed by atoms with Gasteiger partial charge in [0.1, 0.15) is 34.5 Å². The molecule has 0 saturated carbocycles. The third-order valence-electron chi connectivity index (χ3n) is 5.12. The minimum Gasteiger partial charge on any atom is -0.507 e. The first kappa shape index (κ1) is 21.0. The molecule has 0 unspecified atom stereocenters. The molecule has 32 heavy (non-hydrogen) atoms. The number of hydrogen-bond acceptors (Lipinski definition) is 6. The zero-order chi connectivity index (χ0) is 22.7. The number of hydrogen-bond donors (Lipinski definition) is 2. The van der Waals surface area contributed by atoms with Gasteiger partial charge in [0.05, 0.1) is 19.2 Å². The molecule has 1 amide bonds. The largest absolute Gasteiger partial charge is 0.507 e. The lowest BCUT2D eigenvalue weighted by molar-refractivity contribution is -0.123. The first-order valence-electron chi connectivity index (χ1n) is 9.89. The first-order valence-corrected chi connectivity index (χ1v) is 9.89. The van der Waals surface area contributed by atoms with Gasteiger partial charge in [-0.15, -0.1) is 0 Å². The second-order valence-electron chi connectivity index (χ2n) is 7.20. The number of nitrogens with one attached hydrogen (secondary N) is 1. The van der Waals surface area contributed by atoms with Gasteiger partial charge >= 0.3 is 0 Å². The highest BCUT2D eigenvalue weighted by molar-refractivity contribution is 5.88. The van der Waals surface area contributed by atoms with E-state index < -0.39 is 0 Å². The quantitative estimate of drug-likeness (QED) is 0.463. The fraction of sp³-hybridized carbons (Fsp3) is 0.167. The summed E-state index contributed by atoms with van der Waals surface area (Å²) in [5.74, 6) is 0.272. The van der Waals surface area contributed by atoms with Crippen LogP contribution >= 0.6 is 0 Å². The van der Waals surface area contributed by atoms with E-state index in [9.17, 15) is 14.7 Å². The van der Waals surface area contributed by atoms with E-state index in [0.717, 1.165) is 5.69 Å². The number of ether oxygens (including phenoxy) is 2. The van der Waals surface area contributed by atoms with Crippen LogP contribution in [0.2, 0.25) is 0 Å². The Kier molecular flexibility index (Phi) is 5.85. The Morgan fingerprint density at radius 1 is 1.16 bits per heavy atom. The van der Waals surface area contributed by atoms with Crippen molar-refractivity contribution >= 4 is 16.9 Å². The Labute approximate surface area is 183 Å². The van der Waals surface area contributed by atoms with E-state index in [1.807, 2.05) is 29.9 Å². The van der Waals surface area contributed by atoms with Crippen LogP contribution in [0, 0.1) is 0 Å². The van der Waals surface area contributed by atoms with E-state index in [-0.39, 0.29) is 40.4 Å². The van der Waals surface area contributed by atoms with Crippen LogP contribution in [0.5, 0.6) is 17.2 Å². The van der Waals surface area contributed by atoms with Gasteiger partial charge in [-0.1, -0.05) is 12.1 Å². The van der Waals surface area contributed by atoms with Crippen LogP contribution in [0.4, 0.5) is 0 Å².